The molecule has 1 atom stereocenters. The third-order valence-electron chi connectivity index (χ3n) is 3.02. The van der Waals surface area contributed by atoms with E-state index < -0.39 is 0 Å². The summed E-state index contributed by atoms with van der Waals surface area (Å²) in [5.41, 5.74) is 2.12. The Bertz CT molecular complexity index is 378. The van der Waals surface area contributed by atoms with Gasteiger partial charge in [-0.15, -0.1) is 11.6 Å². The van der Waals surface area contributed by atoms with E-state index in [1.165, 1.54) is 0 Å². The summed E-state index contributed by atoms with van der Waals surface area (Å²) >= 11 is 5.89. The zero-order valence-corrected chi connectivity index (χ0v) is 11.6. The van der Waals surface area contributed by atoms with E-state index in [9.17, 15) is 0 Å². The predicted octanol–water partition coefficient (Wildman–Crippen LogP) is 3.33. The highest BCUT2D eigenvalue weighted by Crippen LogP contribution is 2.18. The van der Waals surface area contributed by atoms with Crippen LogP contribution in [-0.4, -0.2) is 24.3 Å². The summed E-state index contributed by atoms with van der Waals surface area (Å²) in [7, 11) is 0. The Balaban J connectivity index is 1.98. The van der Waals surface area contributed by atoms with Gasteiger partial charge in [0.25, 0.3) is 0 Å². The van der Waals surface area contributed by atoms with Crippen molar-refractivity contribution in [1.29, 1.82) is 0 Å². The maximum atomic E-state index is 5.89. The number of aryl methyl sites for hydroxylation is 1. The van der Waals surface area contributed by atoms with Crippen molar-refractivity contribution in [2.24, 2.45) is 0 Å². The van der Waals surface area contributed by atoms with E-state index >= 15 is 0 Å². The molecule has 0 bridgehead atoms. The highest BCUT2D eigenvalue weighted by atomic mass is 35.5. The molecule has 1 saturated heterocycles. The second-order valence-corrected chi connectivity index (χ2v) is 4.90. The molecule has 1 fully saturated rings. The number of ether oxygens (including phenoxy) is 2. The van der Waals surface area contributed by atoms with E-state index in [1.807, 2.05) is 6.07 Å². The first kappa shape index (κ1) is 13.6. The van der Waals surface area contributed by atoms with Crippen LogP contribution in [0.25, 0.3) is 0 Å². The number of halogens is 1. The molecule has 3 nitrogen and oxygen atoms in total. The molecule has 1 aromatic heterocycles. The first-order chi connectivity index (χ1) is 8.81. The minimum Gasteiger partial charge on any atom is -0.475 e. The summed E-state index contributed by atoms with van der Waals surface area (Å²) in [5.74, 6) is 1.17. The van der Waals surface area contributed by atoms with Crippen molar-refractivity contribution in [3.63, 3.8) is 0 Å². The first-order valence-corrected chi connectivity index (χ1v) is 7.15. The zero-order valence-electron chi connectivity index (χ0n) is 10.8. The number of nitrogens with zero attached hydrogens (tertiary/aromatic N) is 1. The Hall–Kier alpha value is -0.800. The number of hydrogen-bond acceptors (Lipinski definition) is 3. The lowest BCUT2D eigenvalue weighted by atomic mass is 10.2. The summed E-state index contributed by atoms with van der Waals surface area (Å²) in [4.78, 5) is 4.50. The molecule has 0 amide bonds. The highest BCUT2D eigenvalue weighted by Gasteiger charge is 2.16. The van der Waals surface area contributed by atoms with Crippen LogP contribution in [0.3, 0.4) is 0 Å². The van der Waals surface area contributed by atoms with Crippen LogP contribution >= 0.6 is 11.6 Å². The average Bonchev–Trinajstić information content (AvgIpc) is 2.89. The minimum atomic E-state index is 0.223. The molecule has 2 heterocycles. The number of alkyl halides is 1. The average molecular weight is 270 g/mol. The molecular formula is C14H20ClNO2. The number of aromatic nitrogens is 1. The van der Waals surface area contributed by atoms with Crippen LogP contribution in [-0.2, 0) is 17.0 Å². The van der Waals surface area contributed by atoms with Gasteiger partial charge in [0.2, 0.25) is 5.88 Å². The standard InChI is InChI=1S/C14H20ClNO2/c1-2-4-12-7-11(9-15)8-14(16-12)18-10-13-5-3-6-17-13/h7-8,13H,2-6,9-10H2,1H3. The fourth-order valence-corrected chi connectivity index (χ4v) is 2.26. The van der Waals surface area contributed by atoms with Gasteiger partial charge in [0, 0.05) is 24.2 Å². The van der Waals surface area contributed by atoms with Crippen molar-refractivity contribution >= 4 is 11.6 Å². The van der Waals surface area contributed by atoms with E-state index in [0.717, 1.165) is 43.5 Å². The van der Waals surface area contributed by atoms with Gasteiger partial charge in [-0.2, -0.15) is 0 Å². The fourth-order valence-electron chi connectivity index (χ4n) is 2.11. The van der Waals surface area contributed by atoms with Gasteiger partial charge in [-0.3, -0.25) is 0 Å². The monoisotopic (exact) mass is 269 g/mol. The van der Waals surface area contributed by atoms with E-state index in [2.05, 4.69) is 18.0 Å². The molecule has 2 rings (SSSR count). The van der Waals surface area contributed by atoms with Crippen LogP contribution < -0.4 is 4.74 Å². The summed E-state index contributed by atoms with van der Waals surface area (Å²) in [6, 6.07) is 3.97. The lowest BCUT2D eigenvalue weighted by molar-refractivity contribution is 0.0662. The van der Waals surface area contributed by atoms with Gasteiger partial charge in [-0.1, -0.05) is 13.3 Å². The normalized spacial score (nSPS) is 19.1. The Kier molecular flexibility index (Phi) is 5.26. The van der Waals surface area contributed by atoms with Crippen molar-refractivity contribution in [3.8, 4) is 5.88 Å². The van der Waals surface area contributed by atoms with Gasteiger partial charge in [0.05, 0.1) is 6.10 Å². The van der Waals surface area contributed by atoms with Crippen LogP contribution in [0.5, 0.6) is 5.88 Å². The highest BCUT2D eigenvalue weighted by molar-refractivity contribution is 6.17. The SMILES string of the molecule is CCCc1cc(CCl)cc(OCC2CCCO2)n1. The maximum absolute atomic E-state index is 5.89. The van der Waals surface area contributed by atoms with Gasteiger partial charge in [0.1, 0.15) is 6.61 Å². The topological polar surface area (TPSA) is 31.4 Å². The van der Waals surface area contributed by atoms with Gasteiger partial charge in [-0.25, -0.2) is 4.98 Å². The van der Waals surface area contributed by atoms with Crippen LogP contribution in [0.2, 0.25) is 0 Å². The number of hydrogen-bond donors (Lipinski definition) is 0. The third-order valence-corrected chi connectivity index (χ3v) is 3.32. The molecule has 1 aliphatic rings. The summed E-state index contributed by atoms with van der Waals surface area (Å²) in [5, 5.41) is 0. The summed E-state index contributed by atoms with van der Waals surface area (Å²) < 4.78 is 11.3. The van der Waals surface area contributed by atoms with Gasteiger partial charge < -0.3 is 9.47 Å². The molecule has 0 aliphatic carbocycles. The number of rotatable bonds is 6. The van der Waals surface area contributed by atoms with E-state index in [0.29, 0.717) is 18.4 Å². The van der Waals surface area contributed by atoms with Crippen molar-refractivity contribution in [3.05, 3.63) is 23.4 Å². The Morgan fingerprint density at radius 1 is 1.50 bits per heavy atom. The van der Waals surface area contributed by atoms with Crippen LogP contribution in [0.15, 0.2) is 12.1 Å². The van der Waals surface area contributed by atoms with Crippen LogP contribution in [0, 0.1) is 0 Å². The molecule has 0 aromatic carbocycles. The van der Waals surface area contributed by atoms with E-state index in [4.69, 9.17) is 21.1 Å². The molecule has 1 aromatic rings. The third kappa shape index (κ3) is 3.85. The second kappa shape index (κ2) is 6.95. The Morgan fingerprint density at radius 3 is 3.06 bits per heavy atom. The minimum absolute atomic E-state index is 0.223. The Morgan fingerprint density at radius 2 is 2.39 bits per heavy atom. The molecule has 4 heteroatoms. The lowest BCUT2D eigenvalue weighted by Gasteiger charge is -2.12. The molecule has 0 saturated carbocycles. The van der Waals surface area contributed by atoms with Gasteiger partial charge in [0.15, 0.2) is 0 Å². The summed E-state index contributed by atoms with van der Waals surface area (Å²) in [6.45, 7) is 3.58. The molecule has 0 N–H and O–H groups in total. The molecular weight excluding hydrogens is 250 g/mol. The van der Waals surface area contributed by atoms with E-state index in [-0.39, 0.29) is 6.10 Å². The lowest BCUT2D eigenvalue weighted by Crippen LogP contribution is -2.17. The molecule has 18 heavy (non-hydrogen) atoms. The van der Waals surface area contributed by atoms with Crippen molar-refractivity contribution < 1.29 is 9.47 Å². The molecule has 1 aliphatic heterocycles. The Labute approximate surface area is 113 Å². The van der Waals surface area contributed by atoms with Crippen molar-refractivity contribution in [2.45, 2.75) is 44.6 Å². The van der Waals surface area contributed by atoms with Gasteiger partial charge in [-0.05, 0) is 30.9 Å². The van der Waals surface area contributed by atoms with Crippen molar-refractivity contribution in [1.82, 2.24) is 4.98 Å². The first-order valence-electron chi connectivity index (χ1n) is 6.62. The molecule has 1 unspecified atom stereocenters. The largest absolute Gasteiger partial charge is 0.475 e. The smallest absolute Gasteiger partial charge is 0.213 e. The van der Waals surface area contributed by atoms with Crippen LogP contribution in [0.1, 0.15) is 37.4 Å². The van der Waals surface area contributed by atoms with E-state index in [1.54, 1.807) is 0 Å². The molecule has 0 radical (unpaired) electrons. The fraction of sp³-hybridized carbons (Fsp3) is 0.643. The maximum Gasteiger partial charge on any atom is 0.213 e. The van der Waals surface area contributed by atoms with Gasteiger partial charge >= 0.3 is 0 Å². The van der Waals surface area contributed by atoms with Crippen molar-refractivity contribution in [2.75, 3.05) is 13.2 Å². The predicted molar refractivity (Wildman–Crippen MR) is 72.3 cm³/mol. The number of pyridine rings is 1. The molecule has 100 valence electrons. The van der Waals surface area contributed by atoms with Crippen LogP contribution in [0.4, 0.5) is 0 Å². The zero-order chi connectivity index (χ0) is 12.8. The quantitative estimate of drug-likeness (QED) is 0.743. The second-order valence-electron chi connectivity index (χ2n) is 4.63. The molecule has 0 spiro atoms. The summed E-state index contributed by atoms with van der Waals surface area (Å²) in [6.07, 6.45) is 4.47.